The van der Waals surface area contributed by atoms with Crippen molar-refractivity contribution in [2.75, 3.05) is 26.3 Å². The molecule has 1 amide bonds. The summed E-state index contributed by atoms with van der Waals surface area (Å²) < 4.78 is 32.6. The molecule has 2 aromatic carbocycles. The topological polar surface area (TPSA) is 88.6 Å². The van der Waals surface area contributed by atoms with Gasteiger partial charge in [0.2, 0.25) is 10.0 Å². The van der Waals surface area contributed by atoms with E-state index in [1.807, 2.05) is 35.7 Å². The largest absolute Gasteiger partial charge is 0.379 e. The van der Waals surface area contributed by atoms with Crippen LogP contribution in [0.2, 0.25) is 0 Å². The van der Waals surface area contributed by atoms with Crippen LogP contribution in [0.4, 0.5) is 0 Å². The molecule has 1 aliphatic heterocycles. The number of ether oxygens (including phenoxy) is 1. The number of carbonyl (C=O) groups excluding carboxylic acids is 1. The molecule has 0 spiro atoms. The molecule has 156 valence electrons. The van der Waals surface area contributed by atoms with E-state index in [0.29, 0.717) is 13.2 Å². The third-order valence-electron chi connectivity index (χ3n) is 4.72. The van der Waals surface area contributed by atoms with Gasteiger partial charge < -0.3 is 10.1 Å². The van der Waals surface area contributed by atoms with Gasteiger partial charge in [0, 0.05) is 24.0 Å². The molecule has 3 aromatic rings. The van der Waals surface area contributed by atoms with Gasteiger partial charge in [-0.1, -0.05) is 42.5 Å². The Hall–Kier alpha value is -2.59. The third kappa shape index (κ3) is 4.44. The summed E-state index contributed by atoms with van der Waals surface area (Å²) >= 11 is 1.50. The number of sulfonamides is 1. The fraction of sp³-hybridized carbons (Fsp3) is 0.238. The van der Waals surface area contributed by atoms with Crippen LogP contribution in [0.1, 0.15) is 16.1 Å². The Kier molecular flexibility index (Phi) is 6.24. The highest BCUT2D eigenvalue weighted by Gasteiger charge is 2.30. The molecule has 2 heterocycles. The maximum Gasteiger partial charge on any atom is 0.252 e. The molecule has 0 radical (unpaired) electrons. The number of amides is 1. The molecule has 0 bridgehead atoms. The summed E-state index contributed by atoms with van der Waals surface area (Å²) in [5.41, 5.74) is 1.87. The number of hydrogen-bond donors (Lipinski definition) is 1. The molecule has 9 heteroatoms. The second kappa shape index (κ2) is 9.05. The minimum atomic E-state index is -3.77. The molecule has 0 unspecified atom stereocenters. The van der Waals surface area contributed by atoms with Gasteiger partial charge in [0.15, 0.2) is 0 Å². The van der Waals surface area contributed by atoms with Crippen LogP contribution in [0, 0.1) is 0 Å². The molecular formula is C21H21N3O4S2. The lowest BCUT2D eigenvalue weighted by Gasteiger charge is -2.26. The normalized spacial score (nSPS) is 15.1. The van der Waals surface area contributed by atoms with Gasteiger partial charge in [-0.25, -0.2) is 13.4 Å². The Labute approximate surface area is 179 Å². The quantitative estimate of drug-likeness (QED) is 0.633. The molecular weight excluding hydrogens is 422 g/mol. The Morgan fingerprint density at radius 2 is 1.77 bits per heavy atom. The van der Waals surface area contributed by atoms with Gasteiger partial charge in [0.25, 0.3) is 5.91 Å². The van der Waals surface area contributed by atoms with E-state index in [-0.39, 0.29) is 30.1 Å². The van der Waals surface area contributed by atoms with Crippen molar-refractivity contribution in [2.45, 2.75) is 11.4 Å². The Bertz CT molecular complexity index is 1120. The van der Waals surface area contributed by atoms with Crippen molar-refractivity contribution in [1.29, 1.82) is 0 Å². The SMILES string of the molecule is O=C(NCc1csc(-c2ccccc2)n1)c1ccccc1S(=O)(=O)N1CCOCC1. The molecule has 0 saturated carbocycles. The third-order valence-corrected chi connectivity index (χ3v) is 7.62. The van der Waals surface area contributed by atoms with Gasteiger partial charge in [0.1, 0.15) is 5.01 Å². The zero-order valence-corrected chi connectivity index (χ0v) is 17.8. The van der Waals surface area contributed by atoms with Crippen LogP contribution in [0.25, 0.3) is 10.6 Å². The summed E-state index contributed by atoms with van der Waals surface area (Å²) in [6.07, 6.45) is 0. The molecule has 7 nitrogen and oxygen atoms in total. The molecule has 1 saturated heterocycles. The number of morpholine rings is 1. The van der Waals surface area contributed by atoms with Crippen molar-refractivity contribution in [3.05, 3.63) is 71.2 Å². The second-order valence-corrected chi connectivity index (χ2v) is 9.47. The lowest BCUT2D eigenvalue weighted by Crippen LogP contribution is -2.41. The van der Waals surface area contributed by atoms with E-state index in [4.69, 9.17) is 4.74 Å². The molecule has 1 N–H and O–H groups in total. The number of carbonyl (C=O) groups is 1. The first-order chi connectivity index (χ1) is 14.6. The standard InChI is InChI=1S/C21H21N3O4S2/c25-20(22-14-17-15-29-21(23-17)16-6-2-1-3-7-16)18-8-4-5-9-19(18)30(26,27)24-10-12-28-13-11-24/h1-9,15H,10-14H2,(H,22,25). The minimum Gasteiger partial charge on any atom is -0.379 e. The van der Waals surface area contributed by atoms with Crippen LogP contribution in [0.5, 0.6) is 0 Å². The van der Waals surface area contributed by atoms with Crippen molar-refractivity contribution < 1.29 is 17.9 Å². The number of thiazole rings is 1. The Balaban J connectivity index is 1.49. The zero-order valence-electron chi connectivity index (χ0n) is 16.2. The summed E-state index contributed by atoms with van der Waals surface area (Å²) in [6.45, 7) is 1.47. The van der Waals surface area contributed by atoms with E-state index in [2.05, 4.69) is 10.3 Å². The van der Waals surface area contributed by atoms with E-state index < -0.39 is 15.9 Å². The molecule has 1 aliphatic rings. The van der Waals surface area contributed by atoms with Gasteiger partial charge in [-0.2, -0.15) is 4.31 Å². The van der Waals surface area contributed by atoms with Crippen LogP contribution in [0.3, 0.4) is 0 Å². The van der Waals surface area contributed by atoms with E-state index in [0.717, 1.165) is 16.3 Å². The number of hydrogen-bond acceptors (Lipinski definition) is 6. The van der Waals surface area contributed by atoms with E-state index >= 15 is 0 Å². The fourth-order valence-corrected chi connectivity index (χ4v) is 5.60. The summed E-state index contributed by atoms with van der Waals surface area (Å²) in [7, 11) is -3.77. The van der Waals surface area contributed by atoms with Crippen LogP contribution in [-0.4, -0.2) is 49.9 Å². The smallest absolute Gasteiger partial charge is 0.252 e. The predicted octanol–water partition coefficient (Wildman–Crippen LogP) is 2.76. The highest BCUT2D eigenvalue weighted by Crippen LogP contribution is 2.24. The number of benzene rings is 2. The summed E-state index contributed by atoms with van der Waals surface area (Å²) in [6, 6.07) is 16.1. The highest BCUT2D eigenvalue weighted by molar-refractivity contribution is 7.89. The fourth-order valence-electron chi connectivity index (χ4n) is 3.17. The summed E-state index contributed by atoms with van der Waals surface area (Å²) in [5, 5.41) is 5.55. The predicted molar refractivity (Wildman–Crippen MR) is 115 cm³/mol. The number of nitrogens with zero attached hydrogens (tertiary/aromatic N) is 2. The lowest BCUT2D eigenvalue weighted by molar-refractivity contribution is 0.0729. The first-order valence-electron chi connectivity index (χ1n) is 9.50. The second-order valence-electron chi connectivity index (χ2n) is 6.71. The number of rotatable bonds is 6. The van der Waals surface area contributed by atoms with Crippen LogP contribution >= 0.6 is 11.3 Å². The van der Waals surface area contributed by atoms with Crippen LogP contribution in [0.15, 0.2) is 64.9 Å². The molecule has 4 rings (SSSR count). The van der Waals surface area contributed by atoms with Crippen molar-refractivity contribution in [1.82, 2.24) is 14.6 Å². The number of nitrogens with one attached hydrogen (secondary N) is 1. The summed E-state index contributed by atoms with van der Waals surface area (Å²) in [4.78, 5) is 17.4. The molecule has 30 heavy (non-hydrogen) atoms. The highest BCUT2D eigenvalue weighted by atomic mass is 32.2. The molecule has 1 fully saturated rings. The Morgan fingerprint density at radius 3 is 2.53 bits per heavy atom. The number of aromatic nitrogens is 1. The molecule has 0 atom stereocenters. The van der Waals surface area contributed by atoms with Crippen molar-refractivity contribution >= 4 is 27.3 Å². The first kappa shape index (κ1) is 20.7. The van der Waals surface area contributed by atoms with Gasteiger partial charge in [0.05, 0.1) is 35.9 Å². The van der Waals surface area contributed by atoms with E-state index in [1.165, 1.54) is 27.8 Å². The molecule has 0 aliphatic carbocycles. The molecule has 1 aromatic heterocycles. The van der Waals surface area contributed by atoms with Crippen molar-refractivity contribution in [3.8, 4) is 10.6 Å². The maximum absolute atomic E-state index is 13.0. The van der Waals surface area contributed by atoms with Crippen LogP contribution in [-0.2, 0) is 21.3 Å². The van der Waals surface area contributed by atoms with E-state index in [1.54, 1.807) is 12.1 Å². The average molecular weight is 444 g/mol. The minimum absolute atomic E-state index is 0.00709. The van der Waals surface area contributed by atoms with Crippen LogP contribution < -0.4 is 5.32 Å². The maximum atomic E-state index is 13.0. The Morgan fingerprint density at radius 1 is 1.07 bits per heavy atom. The van der Waals surface area contributed by atoms with Gasteiger partial charge in [-0.3, -0.25) is 4.79 Å². The lowest BCUT2D eigenvalue weighted by atomic mass is 10.2. The van der Waals surface area contributed by atoms with Crippen molar-refractivity contribution in [3.63, 3.8) is 0 Å². The zero-order chi connectivity index (χ0) is 21.0. The van der Waals surface area contributed by atoms with Gasteiger partial charge in [-0.15, -0.1) is 11.3 Å². The summed E-state index contributed by atoms with van der Waals surface area (Å²) in [5.74, 6) is -0.448. The van der Waals surface area contributed by atoms with Gasteiger partial charge in [-0.05, 0) is 12.1 Å². The average Bonchev–Trinajstić information content (AvgIpc) is 3.28. The monoisotopic (exact) mass is 443 g/mol. The first-order valence-corrected chi connectivity index (χ1v) is 11.8. The van der Waals surface area contributed by atoms with Gasteiger partial charge >= 0.3 is 0 Å². The van der Waals surface area contributed by atoms with Crippen molar-refractivity contribution in [2.24, 2.45) is 0 Å². The van der Waals surface area contributed by atoms with E-state index in [9.17, 15) is 13.2 Å².